The van der Waals surface area contributed by atoms with E-state index in [1.807, 2.05) is 30.3 Å². The maximum absolute atomic E-state index is 7.66. The molecule has 0 amide bonds. The van der Waals surface area contributed by atoms with Crippen LogP contribution in [0.25, 0.3) is 0 Å². The van der Waals surface area contributed by atoms with E-state index in [4.69, 9.17) is 15.9 Å². The van der Waals surface area contributed by atoms with Gasteiger partial charge in [0.25, 0.3) is 0 Å². The normalized spacial score (nSPS) is 11.2. The Labute approximate surface area is 133 Å². The molecule has 2 aromatic rings. The Bertz CT molecular complexity index is 675. The summed E-state index contributed by atoms with van der Waals surface area (Å²) in [7, 11) is 0. The average molecular weight is 347 g/mol. The lowest BCUT2D eigenvalue weighted by molar-refractivity contribution is 0.477. The van der Waals surface area contributed by atoms with E-state index in [0.717, 1.165) is 10.2 Å². The molecule has 21 heavy (non-hydrogen) atoms. The van der Waals surface area contributed by atoms with Crippen molar-refractivity contribution in [2.24, 2.45) is 5.73 Å². The zero-order valence-electron chi connectivity index (χ0n) is 12.4. The first-order valence-electron chi connectivity index (χ1n) is 6.70. The first-order valence-corrected chi connectivity index (χ1v) is 7.49. The van der Waals surface area contributed by atoms with E-state index in [1.54, 1.807) is 6.07 Å². The monoisotopic (exact) mass is 346 g/mol. The van der Waals surface area contributed by atoms with E-state index in [-0.39, 0.29) is 11.3 Å². The molecule has 0 bridgehead atoms. The van der Waals surface area contributed by atoms with Crippen LogP contribution in [0.5, 0.6) is 11.5 Å². The Morgan fingerprint density at radius 1 is 1.14 bits per heavy atom. The van der Waals surface area contributed by atoms with Crippen LogP contribution in [-0.2, 0) is 5.41 Å². The van der Waals surface area contributed by atoms with Gasteiger partial charge in [-0.15, -0.1) is 0 Å². The van der Waals surface area contributed by atoms with Crippen molar-refractivity contribution in [3.8, 4) is 11.5 Å². The van der Waals surface area contributed by atoms with Gasteiger partial charge < -0.3 is 10.5 Å². The number of halogens is 1. The lowest BCUT2D eigenvalue weighted by atomic mass is 9.87. The summed E-state index contributed by atoms with van der Waals surface area (Å²) in [5.41, 5.74) is 7.45. The summed E-state index contributed by atoms with van der Waals surface area (Å²) in [6.45, 7) is 6.48. The molecule has 0 aromatic heterocycles. The van der Waals surface area contributed by atoms with Gasteiger partial charge in [-0.2, -0.15) is 0 Å². The molecule has 0 heterocycles. The van der Waals surface area contributed by atoms with E-state index in [9.17, 15) is 0 Å². The van der Waals surface area contributed by atoms with Crippen molar-refractivity contribution in [2.75, 3.05) is 0 Å². The average Bonchev–Trinajstić information content (AvgIpc) is 2.40. The second kappa shape index (κ2) is 5.90. The molecule has 4 heteroatoms. The third kappa shape index (κ3) is 3.85. The van der Waals surface area contributed by atoms with Crippen LogP contribution in [0.1, 0.15) is 31.9 Å². The van der Waals surface area contributed by atoms with Gasteiger partial charge in [-0.25, -0.2) is 0 Å². The first kappa shape index (κ1) is 15.6. The lowest BCUT2D eigenvalue weighted by Crippen LogP contribution is -2.13. The van der Waals surface area contributed by atoms with Crippen LogP contribution in [-0.4, -0.2) is 5.84 Å². The van der Waals surface area contributed by atoms with Gasteiger partial charge in [-0.3, -0.25) is 5.41 Å². The first-order chi connectivity index (χ1) is 9.77. The molecule has 0 spiro atoms. The minimum atomic E-state index is -0.0155. The summed E-state index contributed by atoms with van der Waals surface area (Å²) in [6, 6.07) is 13.4. The van der Waals surface area contributed by atoms with Gasteiger partial charge in [0, 0.05) is 4.47 Å². The van der Waals surface area contributed by atoms with Crippen LogP contribution < -0.4 is 10.5 Å². The van der Waals surface area contributed by atoms with Crippen molar-refractivity contribution in [1.82, 2.24) is 0 Å². The summed E-state index contributed by atoms with van der Waals surface area (Å²) >= 11 is 3.38. The standard InChI is InChI=1S/C17H19BrN2O/c1-17(2,3)11-5-4-6-13(9-11)21-15-8-7-12(18)10-14(15)16(19)20/h4-10H,1-3H3,(H3,19,20). The van der Waals surface area contributed by atoms with Crippen LogP contribution in [0.15, 0.2) is 46.9 Å². The molecule has 3 N–H and O–H groups in total. The zero-order chi connectivity index (χ0) is 15.6. The molecule has 3 nitrogen and oxygen atoms in total. The van der Waals surface area contributed by atoms with E-state index >= 15 is 0 Å². The van der Waals surface area contributed by atoms with Crippen molar-refractivity contribution >= 4 is 21.8 Å². The molecule has 110 valence electrons. The number of nitrogens with two attached hydrogens (primary N) is 1. The highest BCUT2D eigenvalue weighted by Gasteiger charge is 2.15. The third-order valence-electron chi connectivity index (χ3n) is 3.16. The molecule has 2 rings (SSSR count). The van der Waals surface area contributed by atoms with E-state index in [1.165, 1.54) is 5.56 Å². The van der Waals surface area contributed by atoms with Gasteiger partial charge in [-0.1, -0.05) is 48.8 Å². The maximum atomic E-state index is 7.66. The van der Waals surface area contributed by atoms with E-state index in [2.05, 4.69) is 42.8 Å². The summed E-state index contributed by atoms with van der Waals surface area (Å²) < 4.78 is 6.78. The Morgan fingerprint density at radius 3 is 2.48 bits per heavy atom. The van der Waals surface area contributed by atoms with Crippen LogP contribution in [0, 0.1) is 5.41 Å². The van der Waals surface area contributed by atoms with Crippen molar-refractivity contribution in [2.45, 2.75) is 26.2 Å². The Balaban J connectivity index is 2.37. The molecule has 0 saturated carbocycles. The van der Waals surface area contributed by atoms with Crippen LogP contribution in [0.2, 0.25) is 0 Å². The number of hydrogen-bond acceptors (Lipinski definition) is 2. The SMILES string of the molecule is CC(C)(C)c1cccc(Oc2ccc(Br)cc2C(=N)N)c1. The van der Waals surface area contributed by atoms with Gasteiger partial charge in [0.2, 0.25) is 0 Å². The van der Waals surface area contributed by atoms with Crippen molar-refractivity contribution in [1.29, 1.82) is 5.41 Å². The molecular weight excluding hydrogens is 328 g/mol. The number of rotatable bonds is 3. The number of nitrogen functional groups attached to an aromatic ring is 1. The molecule has 0 aliphatic rings. The fraction of sp³-hybridized carbons (Fsp3) is 0.235. The summed E-state index contributed by atoms with van der Waals surface area (Å²) in [4.78, 5) is 0. The number of benzene rings is 2. The van der Waals surface area contributed by atoms with Gasteiger partial charge in [0.05, 0.1) is 5.56 Å². The quantitative estimate of drug-likeness (QED) is 0.618. The molecule has 0 atom stereocenters. The Morgan fingerprint density at radius 2 is 1.86 bits per heavy atom. The van der Waals surface area contributed by atoms with Gasteiger partial charge >= 0.3 is 0 Å². The molecule has 0 radical (unpaired) electrons. The second-order valence-corrected chi connectivity index (χ2v) is 6.85. The fourth-order valence-electron chi connectivity index (χ4n) is 1.95. The molecule has 0 aliphatic carbocycles. The molecular formula is C17H19BrN2O. The van der Waals surface area contributed by atoms with Gasteiger partial charge in [-0.05, 0) is 41.3 Å². The summed E-state index contributed by atoms with van der Waals surface area (Å²) in [5.74, 6) is 1.31. The summed E-state index contributed by atoms with van der Waals surface area (Å²) in [5, 5.41) is 7.66. The number of ether oxygens (including phenoxy) is 1. The highest BCUT2D eigenvalue weighted by atomic mass is 79.9. The predicted molar refractivity (Wildman–Crippen MR) is 90.4 cm³/mol. The largest absolute Gasteiger partial charge is 0.457 e. The van der Waals surface area contributed by atoms with E-state index < -0.39 is 0 Å². The molecule has 0 saturated heterocycles. The third-order valence-corrected chi connectivity index (χ3v) is 3.65. The van der Waals surface area contributed by atoms with Crippen LogP contribution in [0.3, 0.4) is 0 Å². The molecule has 0 aliphatic heterocycles. The molecule has 0 fully saturated rings. The number of hydrogen-bond donors (Lipinski definition) is 2. The number of nitrogens with one attached hydrogen (secondary N) is 1. The van der Waals surface area contributed by atoms with Crippen molar-refractivity contribution in [3.05, 3.63) is 58.1 Å². The summed E-state index contributed by atoms with van der Waals surface area (Å²) in [6.07, 6.45) is 0. The predicted octanol–water partition coefficient (Wildman–Crippen LogP) is 4.82. The zero-order valence-corrected chi connectivity index (χ0v) is 14.0. The second-order valence-electron chi connectivity index (χ2n) is 5.93. The minimum absolute atomic E-state index is 0.0155. The lowest BCUT2D eigenvalue weighted by Gasteiger charge is -2.20. The Hall–Kier alpha value is -1.81. The van der Waals surface area contributed by atoms with E-state index in [0.29, 0.717) is 11.3 Å². The van der Waals surface area contributed by atoms with Gasteiger partial charge in [0.1, 0.15) is 17.3 Å². The van der Waals surface area contributed by atoms with Crippen LogP contribution in [0.4, 0.5) is 0 Å². The molecule has 2 aromatic carbocycles. The highest BCUT2D eigenvalue weighted by molar-refractivity contribution is 9.10. The Kier molecular flexibility index (Phi) is 4.37. The number of amidine groups is 1. The highest BCUT2D eigenvalue weighted by Crippen LogP contribution is 2.31. The van der Waals surface area contributed by atoms with Crippen molar-refractivity contribution < 1.29 is 4.74 Å². The molecule has 0 unspecified atom stereocenters. The van der Waals surface area contributed by atoms with Gasteiger partial charge in [0.15, 0.2) is 0 Å². The maximum Gasteiger partial charge on any atom is 0.138 e. The topological polar surface area (TPSA) is 59.1 Å². The van der Waals surface area contributed by atoms with Crippen LogP contribution >= 0.6 is 15.9 Å². The minimum Gasteiger partial charge on any atom is -0.457 e. The van der Waals surface area contributed by atoms with Crippen molar-refractivity contribution in [3.63, 3.8) is 0 Å². The smallest absolute Gasteiger partial charge is 0.138 e. The fourth-order valence-corrected chi connectivity index (χ4v) is 2.32.